The number of likely N-dealkylation sites (tertiary alicyclic amines) is 1. The first-order chi connectivity index (χ1) is 10.8. The van der Waals surface area contributed by atoms with E-state index in [-0.39, 0.29) is 17.0 Å². The molecule has 2 aliphatic heterocycles. The minimum atomic E-state index is -3.64. The van der Waals surface area contributed by atoms with Crippen molar-refractivity contribution in [2.24, 2.45) is 7.05 Å². The van der Waals surface area contributed by atoms with E-state index in [4.69, 9.17) is 0 Å². The standard InChI is InChI=1S/C15H24N4O3S/c1-12(20)18-8-4-6-13-15(18,2)7-5-9-19(13)23(21,22)14-10-17(3)11-16-14/h10-11,13H,4-9H2,1-3H3/t13-,15+/m1/s1. The highest BCUT2D eigenvalue weighted by atomic mass is 32.2. The number of fused-ring (bicyclic) bond motifs is 1. The first-order valence-corrected chi connectivity index (χ1v) is 9.49. The number of amides is 1. The van der Waals surface area contributed by atoms with Crippen molar-refractivity contribution in [1.82, 2.24) is 18.8 Å². The molecule has 8 heteroatoms. The van der Waals surface area contributed by atoms with Crippen LogP contribution in [0.2, 0.25) is 0 Å². The molecule has 7 nitrogen and oxygen atoms in total. The normalized spacial score (nSPS) is 29.3. The van der Waals surface area contributed by atoms with Crippen molar-refractivity contribution >= 4 is 15.9 Å². The Balaban J connectivity index is 1.99. The Hall–Kier alpha value is -1.41. The van der Waals surface area contributed by atoms with Gasteiger partial charge in [-0.3, -0.25) is 4.79 Å². The van der Waals surface area contributed by atoms with E-state index < -0.39 is 15.6 Å². The fourth-order valence-corrected chi connectivity index (χ4v) is 5.90. The molecule has 1 amide bonds. The van der Waals surface area contributed by atoms with Crippen LogP contribution >= 0.6 is 0 Å². The van der Waals surface area contributed by atoms with Crippen LogP contribution in [0.4, 0.5) is 0 Å². The van der Waals surface area contributed by atoms with Crippen molar-refractivity contribution < 1.29 is 13.2 Å². The van der Waals surface area contributed by atoms with Crippen molar-refractivity contribution in [3.63, 3.8) is 0 Å². The lowest BCUT2D eigenvalue weighted by Crippen LogP contribution is -2.67. The Morgan fingerprint density at radius 3 is 2.70 bits per heavy atom. The second-order valence-electron chi connectivity index (χ2n) is 6.78. The van der Waals surface area contributed by atoms with Gasteiger partial charge >= 0.3 is 0 Å². The SMILES string of the molecule is CC(=O)N1CCC[C@H]2N(S(=O)(=O)c3cn(C)cn3)CCC[C@@]21C. The van der Waals surface area contributed by atoms with E-state index in [1.54, 1.807) is 22.8 Å². The fraction of sp³-hybridized carbons (Fsp3) is 0.733. The largest absolute Gasteiger partial charge is 0.339 e. The molecule has 23 heavy (non-hydrogen) atoms. The van der Waals surface area contributed by atoms with Crippen LogP contribution in [0.5, 0.6) is 0 Å². The molecule has 0 aliphatic carbocycles. The van der Waals surface area contributed by atoms with Crippen molar-refractivity contribution in [2.75, 3.05) is 13.1 Å². The number of rotatable bonds is 2. The smallest absolute Gasteiger partial charge is 0.262 e. The average Bonchev–Trinajstić information content (AvgIpc) is 2.92. The van der Waals surface area contributed by atoms with Gasteiger partial charge in [0.2, 0.25) is 5.91 Å². The molecule has 0 bridgehead atoms. The first-order valence-electron chi connectivity index (χ1n) is 8.05. The lowest BCUT2D eigenvalue weighted by atomic mass is 9.77. The minimum Gasteiger partial charge on any atom is -0.339 e. The molecule has 0 N–H and O–H groups in total. The maximum absolute atomic E-state index is 13.0. The number of carbonyl (C=O) groups is 1. The molecule has 0 aromatic carbocycles. The fourth-order valence-electron chi connectivity index (χ4n) is 4.14. The van der Waals surface area contributed by atoms with Crippen LogP contribution in [0.1, 0.15) is 39.5 Å². The molecular weight excluding hydrogens is 316 g/mol. The molecule has 3 heterocycles. The van der Waals surface area contributed by atoms with E-state index >= 15 is 0 Å². The van der Waals surface area contributed by atoms with Gasteiger partial charge in [0.05, 0.1) is 11.9 Å². The number of carbonyl (C=O) groups excluding carboxylic acids is 1. The van der Waals surface area contributed by atoms with Gasteiger partial charge in [-0.15, -0.1) is 0 Å². The van der Waals surface area contributed by atoms with Crippen LogP contribution in [0.15, 0.2) is 17.6 Å². The van der Waals surface area contributed by atoms with Crippen molar-refractivity contribution in [3.05, 3.63) is 12.5 Å². The number of imidazole rings is 1. The molecule has 0 saturated carbocycles. The molecule has 2 aliphatic rings. The predicted octanol–water partition coefficient (Wildman–Crippen LogP) is 0.974. The molecular formula is C15H24N4O3S. The van der Waals surface area contributed by atoms with Gasteiger partial charge in [-0.2, -0.15) is 4.31 Å². The average molecular weight is 340 g/mol. The summed E-state index contributed by atoms with van der Waals surface area (Å²) in [4.78, 5) is 17.9. The predicted molar refractivity (Wildman–Crippen MR) is 85.1 cm³/mol. The summed E-state index contributed by atoms with van der Waals surface area (Å²) in [6.45, 7) is 4.79. The summed E-state index contributed by atoms with van der Waals surface area (Å²) in [5, 5.41) is 0.0872. The number of piperidine rings is 2. The summed E-state index contributed by atoms with van der Waals surface area (Å²) >= 11 is 0. The van der Waals surface area contributed by atoms with E-state index in [2.05, 4.69) is 4.98 Å². The molecule has 2 atom stereocenters. The lowest BCUT2D eigenvalue weighted by Gasteiger charge is -2.55. The van der Waals surface area contributed by atoms with Crippen LogP contribution in [0, 0.1) is 0 Å². The third kappa shape index (κ3) is 2.57. The van der Waals surface area contributed by atoms with Crippen LogP contribution in [0.3, 0.4) is 0 Å². The zero-order valence-electron chi connectivity index (χ0n) is 13.9. The molecule has 128 valence electrons. The zero-order chi connectivity index (χ0) is 16.8. The summed E-state index contributed by atoms with van der Waals surface area (Å²) < 4.78 is 29.3. The van der Waals surface area contributed by atoms with Gasteiger partial charge in [0.15, 0.2) is 5.03 Å². The number of aromatic nitrogens is 2. The van der Waals surface area contributed by atoms with Gasteiger partial charge in [0.25, 0.3) is 10.0 Å². The molecule has 2 fully saturated rings. The summed E-state index contributed by atoms with van der Waals surface area (Å²) in [5.41, 5.74) is -0.426. The van der Waals surface area contributed by atoms with Crippen LogP contribution in [-0.2, 0) is 21.9 Å². The third-order valence-corrected chi connectivity index (χ3v) is 7.03. The van der Waals surface area contributed by atoms with Crippen molar-refractivity contribution in [1.29, 1.82) is 0 Å². The van der Waals surface area contributed by atoms with Crippen LogP contribution in [-0.4, -0.2) is 57.8 Å². The number of sulfonamides is 1. The van der Waals surface area contributed by atoms with Crippen LogP contribution < -0.4 is 0 Å². The second-order valence-corrected chi connectivity index (χ2v) is 8.62. The summed E-state index contributed by atoms with van der Waals surface area (Å²) in [6, 6.07) is -0.180. The topological polar surface area (TPSA) is 75.5 Å². The third-order valence-electron chi connectivity index (χ3n) is 5.24. The van der Waals surface area contributed by atoms with Gasteiger partial charge in [-0.25, -0.2) is 13.4 Å². The van der Waals surface area contributed by atoms with E-state index in [0.29, 0.717) is 13.1 Å². The van der Waals surface area contributed by atoms with Gasteiger partial charge in [-0.1, -0.05) is 0 Å². The van der Waals surface area contributed by atoms with E-state index in [1.807, 2.05) is 11.8 Å². The summed E-state index contributed by atoms with van der Waals surface area (Å²) in [6.07, 6.45) is 6.24. The molecule has 1 aromatic rings. The Morgan fingerprint density at radius 2 is 2.09 bits per heavy atom. The quantitative estimate of drug-likeness (QED) is 0.804. The molecule has 1 aromatic heterocycles. The van der Waals surface area contributed by atoms with E-state index in [0.717, 1.165) is 25.7 Å². The minimum absolute atomic E-state index is 0.0225. The van der Waals surface area contributed by atoms with Gasteiger partial charge in [-0.05, 0) is 32.6 Å². The highest BCUT2D eigenvalue weighted by molar-refractivity contribution is 7.89. The van der Waals surface area contributed by atoms with E-state index in [1.165, 1.54) is 12.5 Å². The maximum Gasteiger partial charge on any atom is 0.262 e. The number of hydrogen-bond acceptors (Lipinski definition) is 4. The van der Waals surface area contributed by atoms with Gasteiger partial charge < -0.3 is 9.47 Å². The van der Waals surface area contributed by atoms with Crippen molar-refractivity contribution in [2.45, 2.75) is 56.1 Å². The zero-order valence-corrected chi connectivity index (χ0v) is 14.7. The number of aryl methyl sites for hydroxylation is 1. The van der Waals surface area contributed by atoms with Crippen LogP contribution in [0.25, 0.3) is 0 Å². The molecule has 0 radical (unpaired) electrons. The molecule has 0 spiro atoms. The van der Waals surface area contributed by atoms with Gasteiger partial charge in [0, 0.05) is 39.3 Å². The highest BCUT2D eigenvalue weighted by Crippen LogP contribution is 2.41. The molecule has 2 saturated heterocycles. The Kier molecular flexibility index (Phi) is 4.00. The van der Waals surface area contributed by atoms with Gasteiger partial charge in [0.1, 0.15) is 0 Å². The highest BCUT2D eigenvalue weighted by Gasteiger charge is 2.51. The Bertz CT molecular complexity index is 714. The number of nitrogens with zero attached hydrogens (tertiary/aromatic N) is 4. The molecule has 0 unspecified atom stereocenters. The van der Waals surface area contributed by atoms with E-state index in [9.17, 15) is 13.2 Å². The maximum atomic E-state index is 13.0. The summed E-state index contributed by atoms with van der Waals surface area (Å²) in [7, 11) is -1.88. The number of hydrogen-bond donors (Lipinski definition) is 0. The Morgan fingerprint density at radius 1 is 1.35 bits per heavy atom. The monoisotopic (exact) mass is 340 g/mol. The van der Waals surface area contributed by atoms with Crippen molar-refractivity contribution in [3.8, 4) is 0 Å². The Labute approximate surface area is 137 Å². The molecule has 3 rings (SSSR count). The second kappa shape index (κ2) is 5.59. The first kappa shape index (κ1) is 16.4. The lowest BCUT2D eigenvalue weighted by molar-refractivity contribution is -0.142. The summed E-state index contributed by atoms with van der Waals surface area (Å²) in [5.74, 6) is 0.0225.